The molecular weight excluding hydrogens is 430 g/mol. The van der Waals surface area contributed by atoms with E-state index in [0.29, 0.717) is 18.8 Å². The largest absolute Gasteiger partial charge is 0.491 e. The van der Waals surface area contributed by atoms with E-state index >= 15 is 0 Å². The van der Waals surface area contributed by atoms with Crippen LogP contribution in [0.1, 0.15) is 115 Å². The molecule has 0 radical (unpaired) electrons. The van der Waals surface area contributed by atoms with E-state index in [1.54, 1.807) is 19.1 Å². The van der Waals surface area contributed by atoms with Crippen LogP contribution in [0, 0.1) is 35.3 Å². The van der Waals surface area contributed by atoms with Gasteiger partial charge in [0, 0.05) is 5.92 Å². The van der Waals surface area contributed by atoms with Crippen molar-refractivity contribution < 1.29 is 18.3 Å². The quantitative estimate of drug-likeness (QED) is 0.354. The number of hydrogen-bond acceptors (Lipinski definition) is 2. The summed E-state index contributed by atoms with van der Waals surface area (Å²) in [4.78, 5) is 0. The summed E-state index contributed by atoms with van der Waals surface area (Å²) in [5, 5.41) is 0. The van der Waals surface area contributed by atoms with Crippen molar-refractivity contribution in [1.29, 1.82) is 0 Å². The second-order valence-corrected chi connectivity index (χ2v) is 11.4. The zero-order chi connectivity index (χ0) is 23.9. The van der Waals surface area contributed by atoms with Crippen molar-refractivity contribution in [3.63, 3.8) is 0 Å². The number of halogens is 2. The van der Waals surface area contributed by atoms with Gasteiger partial charge in [0.05, 0.1) is 19.3 Å². The molecule has 0 N–H and O–H groups in total. The molecule has 0 spiro atoms. The molecule has 2 aliphatic carbocycles. The highest BCUT2D eigenvalue weighted by Gasteiger charge is 2.32. The van der Waals surface area contributed by atoms with Gasteiger partial charge in [-0.05, 0) is 93.6 Å². The molecule has 2 nitrogen and oxygen atoms in total. The fourth-order valence-corrected chi connectivity index (χ4v) is 7.13. The summed E-state index contributed by atoms with van der Waals surface area (Å²) in [6.07, 6.45) is 18.8. The average Bonchev–Trinajstić information content (AvgIpc) is 2.87. The average molecular weight is 477 g/mol. The first-order valence-corrected chi connectivity index (χ1v) is 14.3. The van der Waals surface area contributed by atoms with Crippen molar-refractivity contribution >= 4 is 0 Å². The zero-order valence-corrected chi connectivity index (χ0v) is 21.5. The summed E-state index contributed by atoms with van der Waals surface area (Å²) >= 11 is 0. The molecule has 192 valence electrons. The Kier molecular flexibility index (Phi) is 9.68. The Morgan fingerprint density at radius 3 is 1.97 bits per heavy atom. The maximum Gasteiger partial charge on any atom is 0.200 e. The maximum atomic E-state index is 14.6. The lowest BCUT2D eigenvalue weighted by Crippen LogP contribution is -2.28. The monoisotopic (exact) mass is 476 g/mol. The van der Waals surface area contributed by atoms with Gasteiger partial charge in [0.25, 0.3) is 0 Å². The maximum absolute atomic E-state index is 14.6. The summed E-state index contributed by atoms with van der Waals surface area (Å²) in [5.41, 5.74) is 0.432. The van der Waals surface area contributed by atoms with E-state index in [9.17, 15) is 8.78 Å². The van der Waals surface area contributed by atoms with Gasteiger partial charge >= 0.3 is 0 Å². The van der Waals surface area contributed by atoms with Crippen LogP contribution in [0.2, 0.25) is 0 Å². The van der Waals surface area contributed by atoms with Gasteiger partial charge in [-0.1, -0.05) is 51.5 Å². The van der Waals surface area contributed by atoms with Crippen molar-refractivity contribution in [2.45, 2.75) is 116 Å². The van der Waals surface area contributed by atoms with E-state index in [-0.39, 0.29) is 17.8 Å². The molecule has 2 unspecified atom stereocenters. The molecule has 0 aromatic heterocycles. The highest BCUT2D eigenvalue weighted by molar-refractivity contribution is 5.33. The van der Waals surface area contributed by atoms with Gasteiger partial charge < -0.3 is 9.47 Å². The Balaban J connectivity index is 1.15. The highest BCUT2D eigenvalue weighted by Crippen LogP contribution is 2.43. The molecule has 2 atom stereocenters. The number of benzene rings is 1. The van der Waals surface area contributed by atoms with Crippen LogP contribution in [0.4, 0.5) is 8.78 Å². The fraction of sp³-hybridized carbons (Fsp3) is 0.800. The Hall–Kier alpha value is -1.16. The molecule has 1 aromatic rings. The first-order chi connectivity index (χ1) is 16.6. The molecule has 3 fully saturated rings. The predicted octanol–water partition coefficient (Wildman–Crippen LogP) is 8.82. The van der Waals surface area contributed by atoms with Crippen molar-refractivity contribution in [3.05, 3.63) is 29.3 Å². The van der Waals surface area contributed by atoms with Crippen molar-refractivity contribution in [3.8, 4) is 5.75 Å². The fourth-order valence-electron chi connectivity index (χ4n) is 7.13. The van der Waals surface area contributed by atoms with Crippen molar-refractivity contribution in [1.82, 2.24) is 0 Å². The second kappa shape index (κ2) is 12.7. The Morgan fingerprint density at radius 2 is 1.41 bits per heavy atom. The van der Waals surface area contributed by atoms with Crippen LogP contribution in [0.25, 0.3) is 0 Å². The van der Waals surface area contributed by atoms with E-state index in [4.69, 9.17) is 9.47 Å². The van der Waals surface area contributed by atoms with E-state index in [2.05, 4.69) is 6.92 Å². The third-order valence-electron chi connectivity index (χ3n) is 9.23. The van der Waals surface area contributed by atoms with Crippen LogP contribution >= 0.6 is 0 Å². The molecule has 2 saturated carbocycles. The summed E-state index contributed by atoms with van der Waals surface area (Å²) < 4.78 is 40.1. The van der Waals surface area contributed by atoms with Crippen LogP contribution in [0.5, 0.6) is 5.75 Å². The smallest absolute Gasteiger partial charge is 0.200 e. The molecule has 0 amide bonds. The molecular formula is C30H46F2O2. The highest BCUT2D eigenvalue weighted by atomic mass is 19.2. The molecule has 4 heteroatoms. The topological polar surface area (TPSA) is 18.5 Å². The predicted molar refractivity (Wildman–Crippen MR) is 134 cm³/mol. The first-order valence-electron chi connectivity index (χ1n) is 14.3. The van der Waals surface area contributed by atoms with Crippen LogP contribution in [-0.2, 0) is 4.74 Å². The van der Waals surface area contributed by atoms with Gasteiger partial charge in [-0.2, -0.15) is 4.39 Å². The summed E-state index contributed by atoms with van der Waals surface area (Å²) in [7, 11) is 0. The molecule has 4 rings (SSSR count). The van der Waals surface area contributed by atoms with Gasteiger partial charge in [-0.3, -0.25) is 0 Å². The minimum Gasteiger partial charge on any atom is -0.491 e. The van der Waals surface area contributed by atoms with Crippen LogP contribution < -0.4 is 4.74 Å². The van der Waals surface area contributed by atoms with Gasteiger partial charge in [0.15, 0.2) is 11.6 Å². The second-order valence-electron chi connectivity index (χ2n) is 11.4. The van der Waals surface area contributed by atoms with Crippen molar-refractivity contribution in [2.75, 3.05) is 13.2 Å². The Labute approximate surface area is 206 Å². The molecule has 1 aromatic carbocycles. The van der Waals surface area contributed by atoms with Gasteiger partial charge in [-0.25, -0.2) is 4.39 Å². The summed E-state index contributed by atoms with van der Waals surface area (Å²) in [6, 6.07) is 3.23. The number of hydrogen-bond donors (Lipinski definition) is 0. The Bertz CT molecular complexity index is 742. The van der Waals surface area contributed by atoms with Crippen molar-refractivity contribution in [2.24, 2.45) is 23.7 Å². The molecule has 1 heterocycles. The summed E-state index contributed by atoms with van der Waals surface area (Å²) in [6.45, 7) is 4.91. The van der Waals surface area contributed by atoms with Gasteiger partial charge in [0.2, 0.25) is 5.82 Å². The molecule has 34 heavy (non-hydrogen) atoms. The van der Waals surface area contributed by atoms with Crippen LogP contribution in [0.3, 0.4) is 0 Å². The molecule has 3 aliphatic rings. The lowest BCUT2D eigenvalue weighted by atomic mass is 9.68. The van der Waals surface area contributed by atoms with E-state index in [0.717, 1.165) is 42.9 Å². The van der Waals surface area contributed by atoms with E-state index < -0.39 is 11.6 Å². The van der Waals surface area contributed by atoms with Crippen LogP contribution in [0.15, 0.2) is 12.1 Å². The molecule has 1 aliphatic heterocycles. The molecule has 1 saturated heterocycles. The van der Waals surface area contributed by atoms with E-state index in [1.807, 2.05) is 0 Å². The summed E-state index contributed by atoms with van der Waals surface area (Å²) in [5.74, 6) is 2.14. The third kappa shape index (κ3) is 6.53. The van der Waals surface area contributed by atoms with E-state index in [1.165, 1.54) is 70.6 Å². The number of ether oxygens (including phenoxy) is 2. The minimum absolute atomic E-state index is 0.00255. The standard InChI is InChI=1S/C30H46F2O2/c1-3-5-21-6-11-23(12-7-21)24-13-8-22(9-14-24)10-16-26-17-15-25(20-34-26)27-18-19-28(33-4-2)30(32)29(27)31/h18-19,21-26H,3-17,20H2,1-2H3. The first kappa shape index (κ1) is 25.9. The van der Waals surface area contributed by atoms with Gasteiger partial charge in [0.1, 0.15) is 0 Å². The normalized spacial score (nSPS) is 32.5. The SMILES string of the molecule is CCCC1CCC(C2CCC(CCC3CCC(c4ccc(OCC)c(F)c4F)CO3)CC2)CC1. The zero-order valence-electron chi connectivity index (χ0n) is 21.5. The van der Waals surface area contributed by atoms with Crippen LogP contribution in [-0.4, -0.2) is 19.3 Å². The van der Waals surface area contributed by atoms with Gasteiger partial charge in [-0.15, -0.1) is 0 Å². The number of rotatable bonds is 9. The third-order valence-corrected chi connectivity index (χ3v) is 9.23. The molecule has 0 bridgehead atoms. The minimum atomic E-state index is -0.869. The lowest BCUT2D eigenvalue weighted by molar-refractivity contribution is -0.00638. The lowest BCUT2D eigenvalue weighted by Gasteiger charge is -2.38. The Morgan fingerprint density at radius 1 is 0.765 bits per heavy atom.